The van der Waals surface area contributed by atoms with Crippen LogP contribution in [-0.2, 0) is 35.4 Å². The van der Waals surface area contributed by atoms with Crippen molar-refractivity contribution in [1.82, 2.24) is 0 Å². The zero-order valence-corrected chi connectivity index (χ0v) is 40.5. The normalized spacial score (nSPS) is 11.4. The molecule has 6 nitrogen and oxygen atoms in total. The van der Waals surface area contributed by atoms with Gasteiger partial charge in [-0.15, -0.1) is 0 Å². The van der Waals surface area contributed by atoms with Gasteiger partial charge in [-0.25, -0.2) is 9.59 Å². The molecule has 0 saturated carbocycles. The lowest BCUT2D eigenvalue weighted by molar-refractivity contribution is -0.698. The lowest BCUT2D eigenvalue weighted by Gasteiger charge is -2.06. The Balaban J connectivity index is 1.20. The van der Waals surface area contributed by atoms with Gasteiger partial charge in [-0.1, -0.05) is 191 Å². The standard InChI is InChI=1S/C52H86N2O4S2/c1-5-7-9-11-13-15-17-19-21-23-25-27-29-31-39-53-43-59-49(45(53)3)37-41-57-51(55)47-33-35-48(36-34-47)52(56)58-42-38-50-46(4)54(44-60-50)40-32-30-28-26-24-22-20-18-16-14-12-10-8-6-2/h33-36,43-44H,5-32,37-42H2,1-4H3/q+2. The minimum absolute atomic E-state index is 0.338. The van der Waals surface area contributed by atoms with Gasteiger partial charge in [-0.3, -0.25) is 0 Å². The zero-order valence-electron chi connectivity index (χ0n) is 38.8. The van der Waals surface area contributed by atoms with Crippen LogP contribution < -0.4 is 9.13 Å². The molecule has 3 rings (SSSR count). The van der Waals surface area contributed by atoms with Crippen molar-refractivity contribution >= 4 is 34.6 Å². The molecule has 0 unspecified atom stereocenters. The van der Waals surface area contributed by atoms with Gasteiger partial charge >= 0.3 is 11.9 Å². The molecule has 2 heterocycles. The summed E-state index contributed by atoms with van der Waals surface area (Å²) in [6.45, 7) is 11.7. The van der Waals surface area contributed by atoms with E-state index in [9.17, 15) is 9.59 Å². The second-order valence-corrected chi connectivity index (χ2v) is 19.3. The van der Waals surface area contributed by atoms with Crippen LogP contribution in [0.3, 0.4) is 0 Å². The highest BCUT2D eigenvalue weighted by Crippen LogP contribution is 2.18. The Hall–Kier alpha value is -2.58. The second kappa shape index (κ2) is 34.0. The van der Waals surface area contributed by atoms with Crippen LogP contribution in [0.1, 0.15) is 235 Å². The zero-order chi connectivity index (χ0) is 42.9. The van der Waals surface area contributed by atoms with E-state index in [0.29, 0.717) is 37.2 Å². The first-order chi connectivity index (χ1) is 29.4. The van der Waals surface area contributed by atoms with Crippen LogP contribution in [0.2, 0.25) is 0 Å². The van der Waals surface area contributed by atoms with Gasteiger partial charge in [0.1, 0.15) is 13.1 Å². The Morgan fingerprint density at radius 2 is 0.700 bits per heavy atom. The number of rotatable bonds is 38. The summed E-state index contributed by atoms with van der Waals surface area (Å²) in [6, 6.07) is 6.62. The first-order valence-electron chi connectivity index (χ1n) is 24.8. The number of carbonyl (C=O) groups excluding carboxylic acids is 2. The SMILES string of the molecule is CCCCCCCCCCCCCCCC[n+]1csc(CCOC(=O)c2ccc(C(=O)OCCc3sc[n+](CCCCCCCCCCCCCCCC)c3C)cc2)c1C. The molecular formula is C52H86N2O4S2+2. The molecule has 0 radical (unpaired) electrons. The molecule has 0 aliphatic carbocycles. The Labute approximate surface area is 375 Å². The molecule has 0 saturated heterocycles. The molecule has 338 valence electrons. The number of hydrogen-bond acceptors (Lipinski definition) is 6. The fourth-order valence-electron chi connectivity index (χ4n) is 8.16. The van der Waals surface area contributed by atoms with Gasteiger partial charge in [-0.05, 0) is 37.1 Å². The summed E-state index contributed by atoms with van der Waals surface area (Å²) in [5, 5.41) is 0. The number of hydrogen-bond donors (Lipinski definition) is 0. The number of nitrogens with zero attached hydrogens (tertiary/aromatic N) is 2. The van der Waals surface area contributed by atoms with E-state index in [0.717, 1.165) is 13.1 Å². The van der Waals surface area contributed by atoms with Gasteiger partial charge in [0, 0.05) is 39.5 Å². The third-order valence-electron chi connectivity index (χ3n) is 12.3. The van der Waals surface area contributed by atoms with E-state index in [1.54, 1.807) is 46.9 Å². The highest BCUT2D eigenvalue weighted by molar-refractivity contribution is 7.09. The van der Waals surface area contributed by atoms with Gasteiger partial charge < -0.3 is 9.47 Å². The van der Waals surface area contributed by atoms with Crippen molar-refractivity contribution in [2.45, 2.75) is 233 Å². The van der Waals surface area contributed by atoms with E-state index in [1.807, 2.05) is 0 Å². The third-order valence-corrected chi connectivity index (χ3v) is 14.6. The molecule has 1 aromatic carbocycles. The highest BCUT2D eigenvalue weighted by Gasteiger charge is 2.18. The Morgan fingerprint density at radius 3 is 0.983 bits per heavy atom. The molecule has 0 aliphatic rings. The Bertz CT molecular complexity index is 1420. The van der Waals surface area contributed by atoms with Crippen molar-refractivity contribution in [3.05, 3.63) is 67.6 Å². The summed E-state index contributed by atoms with van der Waals surface area (Å²) in [5.74, 6) is -0.732. The van der Waals surface area contributed by atoms with E-state index < -0.39 is 0 Å². The fraction of sp³-hybridized carbons (Fsp3) is 0.731. The number of unbranched alkanes of at least 4 members (excludes halogenated alkanes) is 26. The van der Waals surface area contributed by atoms with E-state index in [-0.39, 0.29) is 11.9 Å². The molecule has 0 N–H and O–H groups in total. The van der Waals surface area contributed by atoms with E-state index in [4.69, 9.17) is 9.47 Å². The summed E-state index contributed by atoms with van der Waals surface area (Å²) in [4.78, 5) is 28.1. The molecule has 0 fully saturated rings. The first kappa shape index (κ1) is 51.8. The Kier molecular flexibility index (Phi) is 29.3. The first-order valence-corrected chi connectivity index (χ1v) is 26.6. The number of carbonyl (C=O) groups is 2. The summed E-state index contributed by atoms with van der Waals surface area (Å²) in [5.41, 5.74) is 7.88. The molecule has 0 atom stereocenters. The fourth-order valence-corrected chi connectivity index (χ4v) is 10.2. The smallest absolute Gasteiger partial charge is 0.338 e. The van der Waals surface area contributed by atoms with Crippen molar-refractivity contribution in [1.29, 1.82) is 0 Å². The molecule has 60 heavy (non-hydrogen) atoms. The predicted molar refractivity (Wildman–Crippen MR) is 254 cm³/mol. The van der Waals surface area contributed by atoms with Crippen LogP contribution in [0.4, 0.5) is 0 Å². The average Bonchev–Trinajstić information content (AvgIpc) is 3.80. The largest absolute Gasteiger partial charge is 0.462 e. The monoisotopic (exact) mass is 867 g/mol. The van der Waals surface area contributed by atoms with Crippen LogP contribution in [0.15, 0.2) is 35.3 Å². The van der Waals surface area contributed by atoms with Gasteiger partial charge in [0.2, 0.25) is 11.0 Å². The van der Waals surface area contributed by atoms with E-state index in [2.05, 4.69) is 47.9 Å². The maximum atomic E-state index is 12.8. The number of thiazole rings is 2. The van der Waals surface area contributed by atoms with Crippen molar-refractivity contribution < 1.29 is 28.2 Å². The van der Waals surface area contributed by atoms with Crippen LogP contribution in [0.5, 0.6) is 0 Å². The van der Waals surface area contributed by atoms with Gasteiger partial charge in [-0.2, -0.15) is 9.13 Å². The molecule has 0 spiro atoms. The average molecular weight is 867 g/mol. The van der Waals surface area contributed by atoms with Crippen LogP contribution in [0, 0.1) is 13.8 Å². The van der Waals surface area contributed by atoms with Crippen molar-refractivity contribution in [3.8, 4) is 0 Å². The lowest BCUT2D eigenvalue weighted by Crippen LogP contribution is -2.34. The summed E-state index contributed by atoms with van der Waals surface area (Å²) in [7, 11) is 0. The van der Waals surface area contributed by atoms with Crippen LogP contribution in [-0.4, -0.2) is 25.2 Å². The maximum absolute atomic E-state index is 12.8. The number of aryl methyl sites for hydroxylation is 2. The maximum Gasteiger partial charge on any atom is 0.338 e. The molecule has 0 bridgehead atoms. The summed E-state index contributed by atoms with van der Waals surface area (Å²) < 4.78 is 16.0. The minimum Gasteiger partial charge on any atom is -0.462 e. The quantitative estimate of drug-likeness (QED) is 0.0327. The molecule has 0 aliphatic heterocycles. The van der Waals surface area contributed by atoms with Gasteiger partial charge in [0.25, 0.3) is 0 Å². The highest BCUT2D eigenvalue weighted by atomic mass is 32.1. The second-order valence-electron chi connectivity index (χ2n) is 17.4. The van der Waals surface area contributed by atoms with Crippen molar-refractivity contribution in [2.24, 2.45) is 0 Å². The molecule has 2 aromatic heterocycles. The molecule has 8 heteroatoms. The summed E-state index contributed by atoms with van der Waals surface area (Å²) in [6.07, 6.45) is 39.9. The third kappa shape index (κ3) is 22.5. The van der Waals surface area contributed by atoms with Gasteiger partial charge in [0.05, 0.1) is 34.1 Å². The lowest BCUT2D eigenvalue weighted by atomic mass is 10.0. The summed E-state index contributed by atoms with van der Waals surface area (Å²) >= 11 is 3.50. The number of benzene rings is 1. The van der Waals surface area contributed by atoms with E-state index in [1.165, 1.54) is 201 Å². The van der Waals surface area contributed by atoms with Gasteiger partial charge in [0.15, 0.2) is 11.4 Å². The molecule has 3 aromatic rings. The Morgan fingerprint density at radius 1 is 0.433 bits per heavy atom. The minimum atomic E-state index is -0.366. The van der Waals surface area contributed by atoms with Crippen molar-refractivity contribution in [3.63, 3.8) is 0 Å². The number of aromatic nitrogens is 2. The number of ether oxygens (including phenoxy) is 2. The molecule has 0 amide bonds. The predicted octanol–water partition coefficient (Wildman–Crippen LogP) is 14.8. The topological polar surface area (TPSA) is 60.4 Å². The van der Waals surface area contributed by atoms with Crippen molar-refractivity contribution in [2.75, 3.05) is 13.2 Å². The van der Waals surface area contributed by atoms with Crippen LogP contribution in [0.25, 0.3) is 0 Å². The number of esters is 2. The molecular weight excluding hydrogens is 781 g/mol. The van der Waals surface area contributed by atoms with E-state index >= 15 is 0 Å². The van der Waals surface area contributed by atoms with Crippen LogP contribution >= 0.6 is 22.7 Å².